The number of rotatable bonds is 6. The SMILES string of the molecule is CCOc1ccc(NC(=O)C(C)Nc2cc(C)ccc2C)cc1. The zero-order chi connectivity index (χ0) is 16.8. The first-order chi connectivity index (χ1) is 11.0. The van der Waals surface area contributed by atoms with Crippen LogP contribution >= 0.6 is 0 Å². The van der Waals surface area contributed by atoms with Gasteiger partial charge in [0, 0.05) is 11.4 Å². The molecule has 0 saturated carbocycles. The molecule has 1 atom stereocenters. The van der Waals surface area contributed by atoms with Crippen LogP contribution in [-0.4, -0.2) is 18.6 Å². The van der Waals surface area contributed by atoms with Crippen molar-refractivity contribution in [2.75, 3.05) is 17.2 Å². The summed E-state index contributed by atoms with van der Waals surface area (Å²) in [5.41, 5.74) is 4.03. The molecule has 2 N–H and O–H groups in total. The minimum Gasteiger partial charge on any atom is -0.494 e. The summed E-state index contributed by atoms with van der Waals surface area (Å²) in [6, 6.07) is 13.2. The third-order valence-electron chi connectivity index (χ3n) is 3.59. The van der Waals surface area contributed by atoms with Crippen LogP contribution < -0.4 is 15.4 Å². The molecule has 0 heterocycles. The number of hydrogen-bond donors (Lipinski definition) is 2. The van der Waals surface area contributed by atoms with E-state index in [1.54, 1.807) is 0 Å². The van der Waals surface area contributed by atoms with Gasteiger partial charge in [-0.15, -0.1) is 0 Å². The second-order valence-corrected chi connectivity index (χ2v) is 5.63. The predicted molar refractivity (Wildman–Crippen MR) is 95.2 cm³/mol. The van der Waals surface area contributed by atoms with Crippen molar-refractivity contribution in [1.82, 2.24) is 0 Å². The number of amides is 1. The largest absolute Gasteiger partial charge is 0.494 e. The summed E-state index contributed by atoms with van der Waals surface area (Å²) >= 11 is 0. The highest BCUT2D eigenvalue weighted by atomic mass is 16.5. The number of ether oxygens (including phenoxy) is 1. The monoisotopic (exact) mass is 312 g/mol. The molecule has 4 heteroatoms. The van der Waals surface area contributed by atoms with E-state index in [4.69, 9.17) is 4.74 Å². The lowest BCUT2D eigenvalue weighted by Gasteiger charge is -2.17. The van der Waals surface area contributed by atoms with Gasteiger partial charge in [-0.25, -0.2) is 0 Å². The quantitative estimate of drug-likeness (QED) is 0.843. The Morgan fingerprint density at radius 3 is 2.48 bits per heavy atom. The molecule has 0 aromatic heterocycles. The van der Waals surface area contributed by atoms with Crippen LogP contribution in [0, 0.1) is 13.8 Å². The Kier molecular flexibility index (Phi) is 5.63. The van der Waals surface area contributed by atoms with Crippen LogP contribution in [0.2, 0.25) is 0 Å². The van der Waals surface area contributed by atoms with E-state index < -0.39 is 0 Å². The highest BCUT2D eigenvalue weighted by molar-refractivity contribution is 5.96. The van der Waals surface area contributed by atoms with Crippen LogP contribution in [0.4, 0.5) is 11.4 Å². The van der Waals surface area contributed by atoms with Crippen molar-refractivity contribution in [1.29, 1.82) is 0 Å². The lowest BCUT2D eigenvalue weighted by atomic mass is 10.1. The van der Waals surface area contributed by atoms with Gasteiger partial charge in [0.1, 0.15) is 11.8 Å². The van der Waals surface area contributed by atoms with Gasteiger partial charge in [0.2, 0.25) is 5.91 Å². The van der Waals surface area contributed by atoms with Crippen molar-refractivity contribution in [3.8, 4) is 5.75 Å². The maximum absolute atomic E-state index is 12.3. The van der Waals surface area contributed by atoms with Crippen LogP contribution in [0.5, 0.6) is 5.75 Å². The Morgan fingerprint density at radius 1 is 1.13 bits per heavy atom. The molecule has 4 nitrogen and oxygen atoms in total. The summed E-state index contributed by atoms with van der Waals surface area (Å²) in [5, 5.41) is 6.17. The molecule has 0 aliphatic heterocycles. The van der Waals surface area contributed by atoms with Gasteiger partial charge in [0.15, 0.2) is 0 Å². The lowest BCUT2D eigenvalue weighted by molar-refractivity contribution is -0.116. The van der Waals surface area contributed by atoms with Gasteiger partial charge in [-0.3, -0.25) is 4.79 Å². The van der Waals surface area contributed by atoms with Crippen LogP contribution in [-0.2, 0) is 4.79 Å². The first-order valence-electron chi connectivity index (χ1n) is 7.87. The average molecular weight is 312 g/mol. The Balaban J connectivity index is 1.98. The number of anilines is 2. The topological polar surface area (TPSA) is 50.4 Å². The number of hydrogen-bond acceptors (Lipinski definition) is 3. The number of nitrogens with one attached hydrogen (secondary N) is 2. The molecule has 0 spiro atoms. The molecule has 1 unspecified atom stereocenters. The van der Waals surface area contributed by atoms with Gasteiger partial charge in [-0.1, -0.05) is 12.1 Å². The molecule has 23 heavy (non-hydrogen) atoms. The average Bonchev–Trinajstić information content (AvgIpc) is 2.53. The van der Waals surface area contributed by atoms with Crippen LogP contribution in [0.3, 0.4) is 0 Å². The number of aryl methyl sites for hydroxylation is 2. The maximum Gasteiger partial charge on any atom is 0.246 e. The van der Waals surface area contributed by atoms with E-state index in [1.807, 2.05) is 52.0 Å². The normalized spacial score (nSPS) is 11.7. The standard InChI is InChI=1S/C19H24N2O2/c1-5-23-17-10-8-16(9-11-17)21-19(22)15(4)20-18-12-13(2)6-7-14(18)3/h6-12,15,20H,5H2,1-4H3,(H,21,22). The van der Waals surface area contributed by atoms with Gasteiger partial charge >= 0.3 is 0 Å². The first kappa shape index (κ1) is 16.9. The summed E-state index contributed by atoms with van der Waals surface area (Å²) < 4.78 is 5.39. The molecular formula is C19H24N2O2. The fourth-order valence-corrected chi connectivity index (χ4v) is 2.24. The smallest absolute Gasteiger partial charge is 0.246 e. The lowest BCUT2D eigenvalue weighted by Crippen LogP contribution is -2.32. The van der Waals surface area contributed by atoms with E-state index in [0.717, 1.165) is 28.3 Å². The minimum absolute atomic E-state index is 0.0740. The highest BCUT2D eigenvalue weighted by Gasteiger charge is 2.14. The van der Waals surface area contributed by atoms with Crippen LogP contribution in [0.25, 0.3) is 0 Å². The van der Waals surface area contributed by atoms with Gasteiger partial charge in [-0.05, 0) is 69.2 Å². The summed E-state index contributed by atoms with van der Waals surface area (Å²) in [6.07, 6.45) is 0. The van der Waals surface area contributed by atoms with Gasteiger partial charge < -0.3 is 15.4 Å². The van der Waals surface area contributed by atoms with Crippen LogP contribution in [0.1, 0.15) is 25.0 Å². The van der Waals surface area contributed by atoms with Crippen molar-refractivity contribution in [2.24, 2.45) is 0 Å². The van der Waals surface area contributed by atoms with E-state index >= 15 is 0 Å². The number of carbonyl (C=O) groups is 1. The molecule has 2 aromatic rings. The Bertz CT molecular complexity index is 666. The number of carbonyl (C=O) groups excluding carboxylic acids is 1. The molecule has 0 radical (unpaired) electrons. The molecule has 0 aliphatic carbocycles. The third-order valence-corrected chi connectivity index (χ3v) is 3.59. The van der Waals surface area contributed by atoms with Crippen LogP contribution in [0.15, 0.2) is 42.5 Å². The fraction of sp³-hybridized carbons (Fsp3) is 0.316. The predicted octanol–water partition coefficient (Wildman–Crippen LogP) is 4.14. The van der Waals surface area contributed by atoms with E-state index in [2.05, 4.69) is 28.8 Å². The van der Waals surface area contributed by atoms with E-state index in [9.17, 15) is 4.79 Å². The molecule has 0 aliphatic rings. The Hall–Kier alpha value is -2.49. The minimum atomic E-state index is -0.331. The fourth-order valence-electron chi connectivity index (χ4n) is 2.24. The van der Waals surface area contributed by atoms with E-state index in [1.165, 1.54) is 0 Å². The summed E-state index contributed by atoms with van der Waals surface area (Å²) in [4.78, 5) is 12.3. The second-order valence-electron chi connectivity index (χ2n) is 5.63. The van der Waals surface area contributed by atoms with Crippen molar-refractivity contribution in [3.05, 3.63) is 53.6 Å². The molecule has 2 aromatic carbocycles. The molecule has 0 bridgehead atoms. The molecule has 0 saturated heterocycles. The van der Waals surface area contributed by atoms with E-state index in [-0.39, 0.29) is 11.9 Å². The maximum atomic E-state index is 12.3. The van der Waals surface area contributed by atoms with Crippen molar-refractivity contribution < 1.29 is 9.53 Å². The molecule has 122 valence electrons. The summed E-state index contributed by atoms with van der Waals surface area (Å²) in [6.45, 7) is 8.48. The zero-order valence-corrected chi connectivity index (χ0v) is 14.1. The molecule has 1 amide bonds. The Labute approximate surface area is 137 Å². The molecule has 2 rings (SSSR count). The highest BCUT2D eigenvalue weighted by Crippen LogP contribution is 2.19. The third kappa shape index (κ3) is 4.74. The molecule has 0 fully saturated rings. The Morgan fingerprint density at radius 2 is 1.83 bits per heavy atom. The second kappa shape index (κ2) is 7.68. The van der Waals surface area contributed by atoms with E-state index in [0.29, 0.717) is 6.61 Å². The summed E-state index contributed by atoms with van der Waals surface area (Å²) in [7, 11) is 0. The van der Waals surface area contributed by atoms with Gasteiger partial charge in [0.25, 0.3) is 0 Å². The van der Waals surface area contributed by atoms with Crippen molar-refractivity contribution in [3.63, 3.8) is 0 Å². The first-order valence-corrected chi connectivity index (χ1v) is 7.87. The van der Waals surface area contributed by atoms with Gasteiger partial charge in [-0.2, -0.15) is 0 Å². The molecular weight excluding hydrogens is 288 g/mol. The van der Waals surface area contributed by atoms with Crippen molar-refractivity contribution in [2.45, 2.75) is 33.7 Å². The summed E-state index contributed by atoms with van der Waals surface area (Å²) in [5.74, 6) is 0.724. The van der Waals surface area contributed by atoms with Gasteiger partial charge in [0.05, 0.1) is 6.61 Å². The zero-order valence-electron chi connectivity index (χ0n) is 14.1. The number of benzene rings is 2. The van der Waals surface area contributed by atoms with Crippen molar-refractivity contribution >= 4 is 17.3 Å².